The molecular weight excluding hydrogens is 407 g/mol. The summed E-state index contributed by atoms with van der Waals surface area (Å²) in [6, 6.07) is 10.5. The van der Waals surface area contributed by atoms with Gasteiger partial charge in [0.1, 0.15) is 17.3 Å². The lowest BCUT2D eigenvalue weighted by atomic mass is 9.99. The van der Waals surface area contributed by atoms with Crippen molar-refractivity contribution in [3.8, 4) is 33.9 Å². The third-order valence-corrected chi connectivity index (χ3v) is 3.57. The predicted octanol–water partition coefficient (Wildman–Crippen LogP) is 6.35. The first kappa shape index (κ1) is 20.4. The molecule has 1 heterocycles. The minimum absolute atomic E-state index is 0.0446. The molecule has 0 amide bonds. The largest absolute Gasteiger partial charge is 0.573 e. The average molecular weight is 417 g/mol. The van der Waals surface area contributed by atoms with Crippen LogP contribution in [0, 0.1) is 5.82 Å². The summed E-state index contributed by atoms with van der Waals surface area (Å²) in [5, 5.41) is 0. The predicted molar refractivity (Wildman–Crippen MR) is 88.4 cm³/mol. The van der Waals surface area contributed by atoms with Crippen LogP contribution in [0.25, 0.3) is 22.4 Å². The second-order valence-electron chi connectivity index (χ2n) is 5.70. The smallest absolute Gasteiger partial charge is 0.406 e. The molecule has 1 aromatic heterocycles. The molecule has 0 aliphatic carbocycles. The highest BCUT2D eigenvalue weighted by atomic mass is 19.4. The maximum atomic E-state index is 13.8. The van der Waals surface area contributed by atoms with Crippen LogP contribution >= 0.6 is 0 Å². The van der Waals surface area contributed by atoms with Gasteiger partial charge in [0, 0.05) is 11.1 Å². The van der Waals surface area contributed by atoms with Crippen LogP contribution in [0.3, 0.4) is 0 Å². The van der Waals surface area contributed by atoms with Crippen LogP contribution in [0.5, 0.6) is 11.5 Å². The van der Waals surface area contributed by atoms with Gasteiger partial charge in [-0.2, -0.15) is 0 Å². The second kappa shape index (κ2) is 7.61. The lowest BCUT2D eigenvalue weighted by Gasteiger charge is -2.14. The molecule has 0 fully saturated rings. The number of benzene rings is 2. The van der Waals surface area contributed by atoms with E-state index in [1.165, 1.54) is 24.3 Å². The average Bonchev–Trinajstić information content (AvgIpc) is 2.59. The van der Waals surface area contributed by atoms with Gasteiger partial charge >= 0.3 is 12.7 Å². The van der Waals surface area contributed by atoms with Gasteiger partial charge in [0.15, 0.2) is 0 Å². The van der Waals surface area contributed by atoms with Crippen molar-refractivity contribution in [1.82, 2.24) is 4.98 Å². The van der Waals surface area contributed by atoms with Gasteiger partial charge in [-0.05, 0) is 35.9 Å². The van der Waals surface area contributed by atoms with Crippen molar-refractivity contribution in [3.63, 3.8) is 0 Å². The Bertz CT molecular complexity index is 1020. The molecule has 2 aromatic carbocycles. The van der Waals surface area contributed by atoms with E-state index in [-0.39, 0.29) is 22.4 Å². The maximum absolute atomic E-state index is 13.8. The van der Waals surface area contributed by atoms with E-state index in [9.17, 15) is 30.7 Å². The van der Waals surface area contributed by atoms with E-state index in [1.54, 1.807) is 0 Å². The summed E-state index contributed by atoms with van der Waals surface area (Å²) >= 11 is 0. The lowest BCUT2D eigenvalue weighted by molar-refractivity contribution is -0.275. The Kier molecular flexibility index (Phi) is 5.36. The Labute approximate surface area is 159 Å². The Hall–Kier alpha value is -3.30. The summed E-state index contributed by atoms with van der Waals surface area (Å²) < 4.78 is 96.3. The number of aromatic nitrogens is 1. The van der Waals surface area contributed by atoms with E-state index >= 15 is 0 Å². The SMILES string of the molecule is Fc1cnc(-c2cccc(OC(F)(F)F)c2)c(-c2cccc(OC(F)(F)F)c2)c1. The Morgan fingerprint density at radius 1 is 0.690 bits per heavy atom. The quantitative estimate of drug-likeness (QED) is 0.464. The van der Waals surface area contributed by atoms with Crippen molar-refractivity contribution in [2.45, 2.75) is 12.7 Å². The van der Waals surface area contributed by atoms with Crippen molar-refractivity contribution in [3.05, 3.63) is 66.6 Å². The molecule has 29 heavy (non-hydrogen) atoms. The number of rotatable bonds is 4. The standard InChI is InChI=1S/C19H10F7NO2/c20-13-9-16(11-3-1-5-14(7-11)28-18(21,22)23)17(27-10-13)12-4-2-6-15(8-12)29-19(24,25)26/h1-10H. The van der Waals surface area contributed by atoms with Crippen LogP contribution < -0.4 is 9.47 Å². The number of pyridine rings is 1. The first-order valence-electron chi connectivity index (χ1n) is 7.88. The van der Waals surface area contributed by atoms with Crippen LogP contribution in [-0.2, 0) is 0 Å². The first-order chi connectivity index (χ1) is 13.5. The zero-order valence-electron chi connectivity index (χ0n) is 14.2. The molecule has 0 unspecified atom stereocenters. The van der Waals surface area contributed by atoms with E-state index in [0.29, 0.717) is 0 Å². The van der Waals surface area contributed by atoms with Gasteiger partial charge < -0.3 is 9.47 Å². The molecule has 0 atom stereocenters. The summed E-state index contributed by atoms with van der Waals surface area (Å²) in [5.41, 5.74) is 0.366. The summed E-state index contributed by atoms with van der Waals surface area (Å²) in [6.07, 6.45) is -9.00. The molecule has 0 radical (unpaired) electrons. The maximum Gasteiger partial charge on any atom is 0.573 e. The van der Waals surface area contributed by atoms with Gasteiger partial charge in [0.25, 0.3) is 0 Å². The zero-order valence-corrected chi connectivity index (χ0v) is 14.2. The summed E-state index contributed by atoms with van der Waals surface area (Å²) in [7, 11) is 0. The molecule has 3 rings (SSSR count). The molecule has 152 valence electrons. The molecular formula is C19H10F7NO2. The van der Waals surface area contributed by atoms with E-state index in [1.807, 2.05) is 0 Å². The highest BCUT2D eigenvalue weighted by molar-refractivity contribution is 5.81. The molecule has 0 saturated carbocycles. The minimum atomic E-state index is -4.93. The fourth-order valence-corrected chi connectivity index (χ4v) is 2.59. The van der Waals surface area contributed by atoms with Crippen molar-refractivity contribution in [1.29, 1.82) is 0 Å². The molecule has 0 aliphatic rings. The van der Waals surface area contributed by atoms with Crippen molar-refractivity contribution >= 4 is 0 Å². The monoisotopic (exact) mass is 417 g/mol. The number of hydrogen-bond acceptors (Lipinski definition) is 3. The Balaban J connectivity index is 2.06. The summed E-state index contributed by atoms with van der Waals surface area (Å²) in [5.74, 6) is -1.85. The van der Waals surface area contributed by atoms with Gasteiger partial charge in [-0.1, -0.05) is 24.3 Å². The number of hydrogen-bond donors (Lipinski definition) is 0. The molecule has 0 saturated heterocycles. The Morgan fingerprint density at radius 2 is 1.21 bits per heavy atom. The van der Waals surface area contributed by atoms with Crippen LogP contribution in [-0.4, -0.2) is 17.7 Å². The number of halogens is 7. The third-order valence-electron chi connectivity index (χ3n) is 3.57. The minimum Gasteiger partial charge on any atom is -0.406 e. The third kappa shape index (κ3) is 5.59. The number of alkyl halides is 6. The summed E-state index contributed by atoms with van der Waals surface area (Å²) in [6.45, 7) is 0. The van der Waals surface area contributed by atoms with Gasteiger partial charge in [0.05, 0.1) is 11.9 Å². The van der Waals surface area contributed by atoms with Crippen LogP contribution in [0.15, 0.2) is 60.8 Å². The fraction of sp³-hybridized carbons (Fsp3) is 0.105. The van der Waals surface area contributed by atoms with Crippen LogP contribution in [0.2, 0.25) is 0 Å². The number of nitrogens with zero attached hydrogens (tertiary/aromatic N) is 1. The van der Waals surface area contributed by atoms with E-state index in [2.05, 4.69) is 14.5 Å². The molecule has 0 spiro atoms. The summed E-state index contributed by atoms with van der Waals surface area (Å²) in [4.78, 5) is 3.89. The van der Waals surface area contributed by atoms with Gasteiger partial charge in [-0.3, -0.25) is 4.98 Å². The topological polar surface area (TPSA) is 31.4 Å². The zero-order chi connectivity index (χ0) is 21.2. The van der Waals surface area contributed by atoms with Gasteiger partial charge in [-0.25, -0.2) is 4.39 Å². The highest BCUT2D eigenvalue weighted by Gasteiger charge is 2.32. The van der Waals surface area contributed by atoms with Crippen molar-refractivity contribution < 1.29 is 40.2 Å². The highest BCUT2D eigenvalue weighted by Crippen LogP contribution is 2.35. The van der Waals surface area contributed by atoms with E-state index in [4.69, 9.17) is 0 Å². The second-order valence-corrected chi connectivity index (χ2v) is 5.70. The van der Waals surface area contributed by atoms with Gasteiger partial charge in [0.2, 0.25) is 0 Å². The normalized spacial score (nSPS) is 12.0. The van der Waals surface area contributed by atoms with Crippen molar-refractivity contribution in [2.75, 3.05) is 0 Å². The molecule has 0 N–H and O–H groups in total. The van der Waals surface area contributed by atoms with Crippen molar-refractivity contribution in [2.24, 2.45) is 0 Å². The molecule has 10 heteroatoms. The molecule has 3 aromatic rings. The molecule has 0 bridgehead atoms. The van der Waals surface area contributed by atoms with E-state index < -0.39 is 30.0 Å². The first-order valence-corrected chi connectivity index (χ1v) is 7.88. The lowest BCUT2D eigenvalue weighted by Crippen LogP contribution is -2.17. The van der Waals surface area contributed by atoms with Crippen LogP contribution in [0.4, 0.5) is 30.7 Å². The van der Waals surface area contributed by atoms with E-state index in [0.717, 1.165) is 36.5 Å². The molecule has 3 nitrogen and oxygen atoms in total. The van der Waals surface area contributed by atoms with Crippen LogP contribution in [0.1, 0.15) is 0 Å². The molecule has 0 aliphatic heterocycles. The Morgan fingerprint density at radius 3 is 1.76 bits per heavy atom. The van der Waals surface area contributed by atoms with Gasteiger partial charge in [-0.15, -0.1) is 26.3 Å². The number of ether oxygens (including phenoxy) is 2. The fourth-order valence-electron chi connectivity index (χ4n) is 2.59.